The smallest absolute Gasteiger partial charge is 0.320 e. The van der Waals surface area contributed by atoms with Crippen molar-refractivity contribution in [3.05, 3.63) is 65.2 Å². The molecule has 0 bridgehead atoms. The molecule has 0 atom stereocenters. The van der Waals surface area contributed by atoms with E-state index >= 15 is 0 Å². The molecule has 3 aromatic rings. The highest BCUT2D eigenvalue weighted by Crippen LogP contribution is 2.34. The molecule has 0 saturated heterocycles. The molecular weight excluding hydrogens is 347 g/mol. The number of benzene rings is 1. The summed E-state index contributed by atoms with van der Waals surface area (Å²) >= 11 is 0. The molecule has 3 rings (SSSR count). The van der Waals surface area contributed by atoms with Gasteiger partial charge in [0, 0.05) is 0 Å². The molecule has 1 amide bonds. The second-order valence-electron chi connectivity index (χ2n) is 5.69. The highest BCUT2D eigenvalue weighted by Gasteiger charge is 2.40. The van der Waals surface area contributed by atoms with Crippen molar-refractivity contribution in [2.75, 3.05) is 5.32 Å². The molecule has 2 heterocycles. The number of nitrogens with one attached hydrogen (secondary N) is 1. The number of aryl methyl sites for hydroxylation is 2. The Morgan fingerprint density at radius 3 is 2.42 bits per heavy atom. The van der Waals surface area contributed by atoms with Gasteiger partial charge in [0.2, 0.25) is 0 Å². The minimum absolute atomic E-state index is 0.211. The van der Waals surface area contributed by atoms with E-state index in [1.165, 1.54) is 24.4 Å². The normalized spacial score (nSPS) is 11.4. The molecule has 0 aliphatic heterocycles. The van der Waals surface area contributed by atoms with Crippen molar-refractivity contribution in [2.45, 2.75) is 20.0 Å². The number of halogens is 3. The number of anilines is 1. The largest absolute Gasteiger partial charge is 0.434 e. The zero-order chi connectivity index (χ0) is 18.9. The van der Waals surface area contributed by atoms with E-state index in [4.69, 9.17) is 0 Å². The van der Waals surface area contributed by atoms with Crippen LogP contribution in [0.4, 0.5) is 18.9 Å². The Balaban J connectivity index is 2.02. The molecule has 9 heteroatoms. The monoisotopic (exact) mass is 361 g/mol. The van der Waals surface area contributed by atoms with Gasteiger partial charge in [-0.15, -0.1) is 0 Å². The zero-order valence-corrected chi connectivity index (χ0v) is 13.9. The minimum Gasteiger partial charge on any atom is -0.320 e. The summed E-state index contributed by atoms with van der Waals surface area (Å²) in [6.07, 6.45) is -2.61. The molecule has 0 spiro atoms. The Hall–Kier alpha value is -3.23. The third-order valence-corrected chi connectivity index (χ3v) is 3.60. The third kappa shape index (κ3) is 3.56. The number of nitrogens with zero attached hydrogens (tertiary/aromatic N) is 4. The summed E-state index contributed by atoms with van der Waals surface area (Å²) in [5, 5.41) is 13.5. The van der Waals surface area contributed by atoms with Gasteiger partial charge in [0.05, 0.1) is 35.0 Å². The molecule has 1 aromatic carbocycles. The molecule has 1 N–H and O–H groups in total. The van der Waals surface area contributed by atoms with Gasteiger partial charge >= 0.3 is 6.18 Å². The summed E-state index contributed by atoms with van der Waals surface area (Å²) in [4.78, 5) is 12.4. The topological polar surface area (TPSA) is 72.7 Å². The Labute approximate surface area is 146 Å². The van der Waals surface area contributed by atoms with Gasteiger partial charge in [0.1, 0.15) is 0 Å². The lowest BCUT2D eigenvalue weighted by Gasteiger charge is -2.13. The van der Waals surface area contributed by atoms with Crippen molar-refractivity contribution < 1.29 is 18.0 Å². The molecule has 0 unspecified atom stereocenters. The molecule has 2 aromatic heterocycles. The van der Waals surface area contributed by atoms with Gasteiger partial charge in [-0.05, 0) is 32.0 Å². The van der Waals surface area contributed by atoms with Crippen LogP contribution >= 0.6 is 0 Å². The van der Waals surface area contributed by atoms with Crippen LogP contribution in [-0.4, -0.2) is 25.9 Å². The van der Waals surface area contributed by atoms with E-state index in [0.29, 0.717) is 10.4 Å². The first-order chi connectivity index (χ1) is 12.3. The van der Waals surface area contributed by atoms with Crippen molar-refractivity contribution >= 4 is 11.6 Å². The second-order valence-corrected chi connectivity index (χ2v) is 5.69. The number of amides is 1. The third-order valence-electron chi connectivity index (χ3n) is 3.60. The van der Waals surface area contributed by atoms with Gasteiger partial charge < -0.3 is 5.32 Å². The lowest BCUT2D eigenvalue weighted by molar-refractivity contribution is -0.143. The molecule has 134 valence electrons. The van der Waals surface area contributed by atoms with Crippen LogP contribution < -0.4 is 5.32 Å². The van der Waals surface area contributed by atoms with Crippen LogP contribution in [0.25, 0.3) is 5.69 Å². The van der Waals surface area contributed by atoms with E-state index in [1.807, 2.05) is 6.92 Å². The van der Waals surface area contributed by atoms with E-state index < -0.39 is 23.3 Å². The van der Waals surface area contributed by atoms with Crippen LogP contribution in [0.3, 0.4) is 0 Å². The van der Waals surface area contributed by atoms with Crippen molar-refractivity contribution in [3.8, 4) is 5.69 Å². The summed E-state index contributed by atoms with van der Waals surface area (Å²) < 4.78 is 41.5. The van der Waals surface area contributed by atoms with E-state index in [2.05, 4.69) is 20.6 Å². The first-order valence-electron chi connectivity index (χ1n) is 7.58. The van der Waals surface area contributed by atoms with Gasteiger partial charge in [0.15, 0.2) is 5.69 Å². The van der Waals surface area contributed by atoms with Crippen molar-refractivity contribution in [3.63, 3.8) is 0 Å². The van der Waals surface area contributed by atoms with Gasteiger partial charge in [0.25, 0.3) is 5.91 Å². The lowest BCUT2D eigenvalue weighted by atomic mass is 10.2. The minimum atomic E-state index is -4.76. The number of hydrogen-bond donors (Lipinski definition) is 1. The van der Waals surface area contributed by atoms with Gasteiger partial charge in [-0.3, -0.25) is 4.79 Å². The van der Waals surface area contributed by atoms with E-state index in [0.717, 1.165) is 11.8 Å². The van der Waals surface area contributed by atoms with Crippen LogP contribution in [-0.2, 0) is 6.18 Å². The lowest BCUT2D eigenvalue weighted by Crippen LogP contribution is -2.20. The average Bonchev–Trinajstić information content (AvgIpc) is 3.01. The zero-order valence-electron chi connectivity index (χ0n) is 13.9. The molecule has 0 aliphatic carbocycles. The van der Waals surface area contributed by atoms with Crippen LogP contribution in [0.2, 0.25) is 0 Å². The number of rotatable bonds is 3. The predicted molar refractivity (Wildman–Crippen MR) is 88.0 cm³/mol. The Morgan fingerprint density at radius 1 is 1.12 bits per heavy atom. The van der Waals surface area contributed by atoms with Crippen LogP contribution in [0.1, 0.15) is 27.3 Å². The maximum Gasteiger partial charge on any atom is 0.434 e. The van der Waals surface area contributed by atoms with E-state index in [1.54, 1.807) is 19.1 Å². The highest BCUT2D eigenvalue weighted by atomic mass is 19.4. The maximum absolute atomic E-state index is 13.6. The highest BCUT2D eigenvalue weighted by molar-refractivity contribution is 6.05. The Morgan fingerprint density at radius 2 is 1.81 bits per heavy atom. The van der Waals surface area contributed by atoms with E-state index in [9.17, 15) is 18.0 Å². The van der Waals surface area contributed by atoms with Crippen LogP contribution in [0.5, 0.6) is 0 Å². The van der Waals surface area contributed by atoms with E-state index in [-0.39, 0.29) is 11.4 Å². The van der Waals surface area contributed by atoms with Gasteiger partial charge in [-0.1, -0.05) is 17.7 Å². The molecule has 0 fully saturated rings. The SMILES string of the molecule is Cc1ccc(-n2ncc(C(=O)Nc3cnnc(C)c3)c2C(F)(F)F)cc1. The summed E-state index contributed by atoms with van der Waals surface area (Å²) in [5.41, 5.74) is 0.162. The van der Waals surface area contributed by atoms with Crippen molar-refractivity contribution in [1.82, 2.24) is 20.0 Å². The number of alkyl halides is 3. The van der Waals surface area contributed by atoms with Gasteiger partial charge in [-0.25, -0.2) is 4.68 Å². The van der Waals surface area contributed by atoms with Crippen LogP contribution in [0.15, 0.2) is 42.7 Å². The second kappa shape index (κ2) is 6.58. The Kier molecular flexibility index (Phi) is 4.45. The molecule has 0 radical (unpaired) electrons. The average molecular weight is 361 g/mol. The first kappa shape index (κ1) is 17.6. The molecule has 6 nitrogen and oxygen atoms in total. The fourth-order valence-electron chi connectivity index (χ4n) is 2.41. The molecule has 0 saturated carbocycles. The fourth-order valence-corrected chi connectivity index (χ4v) is 2.41. The van der Waals surface area contributed by atoms with Crippen LogP contribution in [0, 0.1) is 13.8 Å². The summed E-state index contributed by atoms with van der Waals surface area (Å²) in [6.45, 7) is 3.47. The summed E-state index contributed by atoms with van der Waals surface area (Å²) in [5.74, 6) is -0.928. The standard InChI is InChI=1S/C17H14F3N5O/c1-10-3-5-13(6-4-10)25-15(17(18,19)20)14(9-22-25)16(26)23-12-7-11(2)24-21-8-12/h3-9H,1-2H3,(H,23,24,26). The van der Waals surface area contributed by atoms with Crippen molar-refractivity contribution in [1.29, 1.82) is 0 Å². The first-order valence-corrected chi connectivity index (χ1v) is 7.58. The van der Waals surface area contributed by atoms with Gasteiger partial charge in [-0.2, -0.15) is 28.5 Å². The summed E-state index contributed by atoms with van der Waals surface area (Å²) in [7, 11) is 0. The molecule has 26 heavy (non-hydrogen) atoms. The number of carbonyl (C=O) groups is 1. The maximum atomic E-state index is 13.6. The predicted octanol–water partition coefficient (Wildman–Crippen LogP) is 3.55. The molecular formula is C17H14F3N5O. The quantitative estimate of drug-likeness (QED) is 0.774. The summed E-state index contributed by atoms with van der Waals surface area (Å²) in [6, 6.07) is 7.86. The fraction of sp³-hybridized carbons (Fsp3) is 0.176. The molecule has 0 aliphatic rings. The Bertz CT molecular complexity index is 948. The number of aromatic nitrogens is 4. The number of carbonyl (C=O) groups excluding carboxylic acids is 1. The van der Waals surface area contributed by atoms with Crippen molar-refractivity contribution in [2.24, 2.45) is 0 Å². The number of hydrogen-bond acceptors (Lipinski definition) is 4.